The zero-order valence-electron chi connectivity index (χ0n) is 15.0. The van der Waals surface area contributed by atoms with E-state index in [0.29, 0.717) is 41.1 Å². The number of aromatic nitrogens is 2. The van der Waals surface area contributed by atoms with Gasteiger partial charge in [0.2, 0.25) is 5.91 Å². The lowest BCUT2D eigenvalue weighted by molar-refractivity contribution is -0.114. The summed E-state index contributed by atoms with van der Waals surface area (Å²) >= 11 is 1.27. The van der Waals surface area contributed by atoms with E-state index in [-0.39, 0.29) is 17.5 Å². The predicted octanol–water partition coefficient (Wildman–Crippen LogP) is 1.94. The molecule has 0 unspecified atom stereocenters. The first-order chi connectivity index (χ1) is 12.8. The Kier molecular flexibility index (Phi) is 4.18. The standard InChI is InChI=1S/C18H19N5O3S/c1-8-15(27-18(20-8)21-9(2)24)12-5-11-7-23(6-10-3-4-10)17(26)13(11)14(22-12)16(19)25/h5,10H,3-4,6-7H2,1-2H3,(H2,19,25)(H,20,21,24). The van der Waals surface area contributed by atoms with Crippen molar-refractivity contribution in [2.75, 3.05) is 11.9 Å². The highest BCUT2D eigenvalue weighted by Crippen LogP contribution is 2.37. The quantitative estimate of drug-likeness (QED) is 0.815. The van der Waals surface area contributed by atoms with Gasteiger partial charge in [-0.15, -0.1) is 0 Å². The van der Waals surface area contributed by atoms with Crippen LogP contribution in [0.25, 0.3) is 10.6 Å². The van der Waals surface area contributed by atoms with Crippen LogP contribution in [0.2, 0.25) is 0 Å². The minimum atomic E-state index is -0.723. The SMILES string of the molecule is CC(=O)Nc1nc(C)c(-c2cc3c(c(C(N)=O)n2)C(=O)N(CC2CC2)C3)s1. The van der Waals surface area contributed by atoms with Gasteiger partial charge in [0.15, 0.2) is 5.13 Å². The minimum Gasteiger partial charge on any atom is -0.364 e. The van der Waals surface area contributed by atoms with E-state index >= 15 is 0 Å². The molecule has 1 saturated carbocycles. The second kappa shape index (κ2) is 6.41. The van der Waals surface area contributed by atoms with Crippen LogP contribution in [0.5, 0.6) is 0 Å². The van der Waals surface area contributed by atoms with Crippen LogP contribution in [-0.2, 0) is 11.3 Å². The first kappa shape index (κ1) is 17.6. The summed E-state index contributed by atoms with van der Waals surface area (Å²) in [4.78, 5) is 47.2. The summed E-state index contributed by atoms with van der Waals surface area (Å²) in [5.74, 6) is -0.559. The third kappa shape index (κ3) is 3.30. The van der Waals surface area contributed by atoms with Gasteiger partial charge in [0, 0.05) is 20.0 Å². The van der Waals surface area contributed by atoms with E-state index in [2.05, 4.69) is 15.3 Å². The first-order valence-corrected chi connectivity index (χ1v) is 9.53. The van der Waals surface area contributed by atoms with E-state index in [4.69, 9.17) is 5.73 Å². The molecule has 3 heterocycles. The van der Waals surface area contributed by atoms with Gasteiger partial charge < -0.3 is 16.0 Å². The molecule has 1 fully saturated rings. The summed E-state index contributed by atoms with van der Waals surface area (Å²) in [5.41, 5.74) is 7.82. The number of fused-ring (bicyclic) bond motifs is 1. The molecule has 0 aromatic carbocycles. The number of primary amides is 1. The molecule has 140 valence electrons. The smallest absolute Gasteiger partial charge is 0.268 e. The molecule has 0 saturated heterocycles. The van der Waals surface area contributed by atoms with Gasteiger partial charge >= 0.3 is 0 Å². The maximum absolute atomic E-state index is 12.7. The summed E-state index contributed by atoms with van der Waals surface area (Å²) in [6.45, 7) is 4.38. The van der Waals surface area contributed by atoms with Crippen molar-refractivity contribution >= 4 is 34.2 Å². The Bertz CT molecular complexity index is 980. The second-order valence-electron chi connectivity index (χ2n) is 7.00. The van der Waals surface area contributed by atoms with Gasteiger partial charge in [-0.25, -0.2) is 9.97 Å². The highest BCUT2D eigenvalue weighted by Gasteiger charge is 2.36. The fourth-order valence-corrected chi connectivity index (χ4v) is 4.26. The number of carbonyl (C=O) groups excluding carboxylic acids is 3. The van der Waals surface area contributed by atoms with E-state index < -0.39 is 5.91 Å². The van der Waals surface area contributed by atoms with Crippen molar-refractivity contribution in [2.45, 2.75) is 33.2 Å². The highest BCUT2D eigenvalue weighted by atomic mass is 32.1. The van der Waals surface area contributed by atoms with Crippen molar-refractivity contribution in [3.8, 4) is 10.6 Å². The summed E-state index contributed by atoms with van der Waals surface area (Å²) in [5, 5.41) is 3.12. The fourth-order valence-electron chi connectivity index (χ4n) is 3.29. The van der Waals surface area contributed by atoms with Crippen LogP contribution in [-0.4, -0.2) is 39.1 Å². The summed E-state index contributed by atoms with van der Waals surface area (Å²) < 4.78 is 0. The molecule has 2 aromatic rings. The van der Waals surface area contributed by atoms with Crippen LogP contribution < -0.4 is 11.1 Å². The summed E-state index contributed by atoms with van der Waals surface area (Å²) in [6.07, 6.45) is 2.27. The van der Waals surface area contributed by atoms with Crippen molar-refractivity contribution in [1.82, 2.24) is 14.9 Å². The molecule has 2 aromatic heterocycles. The van der Waals surface area contributed by atoms with Gasteiger partial charge in [0.1, 0.15) is 5.69 Å². The molecule has 1 aliphatic carbocycles. The molecule has 0 atom stereocenters. The van der Waals surface area contributed by atoms with Crippen molar-refractivity contribution in [1.29, 1.82) is 0 Å². The van der Waals surface area contributed by atoms with E-state index in [9.17, 15) is 14.4 Å². The summed E-state index contributed by atoms with van der Waals surface area (Å²) in [7, 11) is 0. The lowest BCUT2D eigenvalue weighted by Crippen LogP contribution is -2.27. The lowest BCUT2D eigenvalue weighted by atomic mass is 10.1. The molecule has 0 spiro atoms. The van der Waals surface area contributed by atoms with Crippen LogP contribution in [0, 0.1) is 12.8 Å². The minimum absolute atomic E-state index is 0.000302. The maximum atomic E-state index is 12.7. The number of amides is 3. The third-order valence-corrected chi connectivity index (χ3v) is 5.78. The van der Waals surface area contributed by atoms with Gasteiger partial charge in [-0.05, 0) is 37.3 Å². The normalized spacial score (nSPS) is 15.8. The maximum Gasteiger partial charge on any atom is 0.268 e. The van der Waals surface area contributed by atoms with Crippen molar-refractivity contribution in [2.24, 2.45) is 11.7 Å². The summed E-state index contributed by atoms with van der Waals surface area (Å²) in [6, 6.07) is 1.82. The molecule has 27 heavy (non-hydrogen) atoms. The Morgan fingerprint density at radius 3 is 2.74 bits per heavy atom. The number of pyridine rings is 1. The molecule has 9 heteroatoms. The van der Waals surface area contributed by atoms with Gasteiger partial charge in [0.25, 0.3) is 11.8 Å². The number of thiazole rings is 1. The predicted molar refractivity (Wildman–Crippen MR) is 100 cm³/mol. The third-order valence-electron chi connectivity index (χ3n) is 4.68. The number of hydrogen-bond acceptors (Lipinski definition) is 6. The Hall–Kier alpha value is -2.81. The van der Waals surface area contributed by atoms with Crippen LogP contribution in [0.3, 0.4) is 0 Å². The number of aryl methyl sites for hydroxylation is 1. The molecular weight excluding hydrogens is 366 g/mol. The van der Waals surface area contributed by atoms with E-state index in [1.54, 1.807) is 11.8 Å². The highest BCUT2D eigenvalue weighted by molar-refractivity contribution is 7.19. The lowest BCUT2D eigenvalue weighted by Gasteiger charge is -2.14. The van der Waals surface area contributed by atoms with Crippen LogP contribution in [0.15, 0.2) is 6.07 Å². The van der Waals surface area contributed by atoms with Gasteiger partial charge in [-0.1, -0.05) is 11.3 Å². The molecule has 3 N–H and O–H groups in total. The number of nitrogens with two attached hydrogens (primary N) is 1. The zero-order valence-corrected chi connectivity index (χ0v) is 15.9. The Morgan fingerprint density at radius 2 is 2.11 bits per heavy atom. The average Bonchev–Trinajstić information content (AvgIpc) is 3.25. The molecule has 2 aliphatic rings. The first-order valence-electron chi connectivity index (χ1n) is 8.72. The van der Waals surface area contributed by atoms with Crippen LogP contribution >= 0.6 is 11.3 Å². The number of rotatable bonds is 5. The Morgan fingerprint density at radius 1 is 1.37 bits per heavy atom. The van der Waals surface area contributed by atoms with E-state index in [1.807, 2.05) is 6.07 Å². The van der Waals surface area contributed by atoms with E-state index in [1.165, 1.54) is 18.3 Å². The van der Waals surface area contributed by atoms with Crippen molar-refractivity contribution < 1.29 is 14.4 Å². The largest absolute Gasteiger partial charge is 0.364 e. The zero-order chi connectivity index (χ0) is 19.3. The molecule has 3 amide bonds. The number of nitrogens with zero attached hydrogens (tertiary/aromatic N) is 3. The molecular formula is C18H19N5O3S. The van der Waals surface area contributed by atoms with Gasteiger partial charge in [-0.3, -0.25) is 14.4 Å². The topological polar surface area (TPSA) is 118 Å². The molecule has 1 aliphatic heterocycles. The second-order valence-corrected chi connectivity index (χ2v) is 8.00. The molecule has 8 nitrogen and oxygen atoms in total. The van der Waals surface area contributed by atoms with Crippen molar-refractivity contribution in [3.05, 3.63) is 28.6 Å². The van der Waals surface area contributed by atoms with E-state index in [0.717, 1.165) is 23.3 Å². The Labute approximate surface area is 159 Å². The number of anilines is 1. The van der Waals surface area contributed by atoms with Gasteiger partial charge in [0.05, 0.1) is 21.8 Å². The van der Waals surface area contributed by atoms with Crippen molar-refractivity contribution in [3.63, 3.8) is 0 Å². The molecule has 0 radical (unpaired) electrons. The van der Waals surface area contributed by atoms with Crippen LogP contribution in [0.1, 0.15) is 51.9 Å². The van der Waals surface area contributed by atoms with Gasteiger partial charge in [-0.2, -0.15) is 0 Å². The molecule has 0 bridgehead atoms. The Balaban J connectivity index is 1.75. The molecule has 4 rings (SSSR count). The number of nitrogens with one attached hydrogen (secondary N) is 1. The number of carbonyl (C=O) groups is 3. The fraction of sp³-hybridized carbons (Fsp3) is 0.389. The van der Waals surface area contributed by atoms with Crippen LogP contribution in [0.4, 0.5) is 5.13 Å². The number of hydrogen-bond donors (Lipinski definition) is 2. The average molecular weight is 385 g/mol. The monoisotopic (exact) mass is 385 g/mol.